The van der Waals surface area contributed by atoms with E-state index in [1.54, 1.807) is 0 Å². The second kappa shape index (κ2) is 5.66. The third kappa shape index (κ3) is 3.30. The Labute approximate surface area is 111 Å². The lowest BCUT2D eigenvalue weighted by Crippen LogP contribution is -2.45. The van der Waals surface area contributed by atoms with Crippen molar-refractivity contribution < 1.29 is 17.6 Å². The Hall–Kier alpha value is -1.47. The van der Waals surface area contributed by atoms with Gasteiger partial charge >= 0.3 is 0 Å². The number of benzene rings is 1. The van der Waals surface area contributed by atoms with Crippen LogP contribution in [0, 0.1) is 5.82 Å². The van der Waals surface area contributed by atoms with Crippen molar-refractivity contribution in [3.05, 3.63) is 30.1 Å². The van der Waals surface area contributed by atoms with Crippen LogP contribution in [0.15, 0.2) is 29.2 Å². The number of carbonyl (C=O) groups excluding carboxylic acids is 1. The molecular formula is C12H15FN2O3S. The van der Waals surface area contributed by atoms with Gasteiger partial charge in [-0.15, -0.1) is 0 Å². The zero-order valence-corrected chi connectivity index (χ0v) is 11.0. The third-order valence-electron chi connectivity index (χ3n) is 2.96. The van der Waals surface area contributed by atoms with E-state index in [9.17, 15) is 17.6 Å². The summed E-state index contributed by atoms with van der Waals surface area (Å²) in [5, 5.41) is 2.62. The summed E-state index contributed by atoms with van der Waals surface area (Å²) >= 11 is 0. The van der Waals surface area contributed by atoms with Gasteiger partial charge in [-0.25, -0.2) is 12.8 Å². The van der Waals surface area contributed by atoms with Crippen LogP contribution in [0.4, 0.5) is 4.39 Å². The fourth-order valence-corrected chi connectivity index (χ4v) is 3.27. The Bertz CT molecular complexity index is 574. The summed E-state index contributed by atoms with van der Waals surface area (Å²) in [5.74, 6) is -1.19. The van der Waals surface area contributed by atoms with Crippen LogP contribution in [0.5, 0.6) is 0 Å². The lowest BCUT2D eigenvalue weighted by molar-refractivity contribution is -0.122. The van der Waals surface area contributed by atoms with Gasteiger partial charge in [-0.2, -0.15) is 4.72 Å². The average molecular weight is 286 g/mol. The fraction of sp³-hybridized carbons (Fsp3) is 0.417. The van der Waals surface area contributed by atoms with Crippen LogP contribution in [0.2, 0.25) is 0 Å². The summed E-state index contributed by atoms with van der Waals surface area (Å²) in [5.41, 5.74) is 0. The molecule has 2 rings (SSSR count). The molecule has 0 saturated carbocycles. The molecule has 2 N–H and O–H groups in total. The minimum absolute atomic E-state index is 0.364. The Balaban J connectivity index is 2.21. The quantitative estimate of drug-likeness (QED) is 0.862. The van der Waals surface area contributed by atoms with Crippen molar-refractivity contribution >= 4 is 15.9 Å². The third-order valence-corrected chi connectivity index (χ3v) is 4.46. The van der Waals surface area contributed by atoms with Crippen LogP contribution in [0.3, 0.4) is 0 Å². The molecule has 0 aliphatic carbocycles. The zero-order chi connectivity index (χ0) is 13.9. The van der Waals surface area contributed by atoms with E-state index >= 15 is 0 Å². The standard InChI is InChI=1S/C12H15FN2O3S/c13-9-5-1-2-7-11(9)19(17,18)15-10-6-3-4-8-14-12(10)16/h1-2,5,7,10,15H,3-4,6,8H2,(H,14,16)/t10-/m1/s1. The van der Waals surface area contributed by atoms with Crippen molar-refractivity contribution in [2.75, 3.05) is 6.54 Å². The Kier molecular flexibility index (Phi) is 4.16. The molecule has 0 spiro atoms. The first-order chi connectivity index (χ1) is 9.00. The molecule has 1 amide bonds. The molecule has 1 atom stereocenters. The van der Waals surface area contributed by atoms with Crippen molar-refractivity contribution in [3.63, 3.8) is 0 Å². The molecule has 0 unspecified atom stereocenters. The van der Waals surface area contributed by atoms with Gasteiger partial charge in [0.05, 0.1) is 0 Å². The predicted octanol–water partition coefficient (Wildman–Crippen LogP) is 0.773. The molecule has 1 heterocycles. The molecule has 1 aromatic rings. The van der Waals surface area contributed by atoms with Gasteiger partial charge in [0.25, 0.3) is 0 Å². The van der Waals surface area contributed by atoms with Gasteiger partial charge < -0.3 is 5.32 Å². The number of hydrogen-bond acceptors (Lipinski definition) is 3. The summed E-state index contributed by atoms with van der Waals surface area (Å²) in [7, 11) is -4.03. The smallest absolute Gasteiger partial charge is 0.244 e. The number of halogens is 1. The molecule has 1 saturated heterocycles. The summed E-state index contributed by atoms with van der Waals surface area (Å²) in [6.45, 7) is 0.538. The maximum Gasteiger partial charge on any atom is 0.244 e. The minimum Gasteiger partial charge on any atom is -0.355 e. The molecule has 0 bridgehead atoms. The normalized spacial score (nSPS) is 20.7. The van der Waals surface area contributed by atoms with Crippen molar-refractivity contribution in [1.82, 2.24) is 10.0 Å². The Morgan fingerprint density at radius 3 is 2.74 bits per heavy atom. The average Bonchev–Trinajstić information content (AvgIpc) is 2.55. The number of rotatable bonds is 3. The molecule has 1 fully saturated rings. The van der Waals surface area contributed by atoms with E-state index in [1.165, 1.54) is 18.2 Å². The van der Waals surface area contributed by atoms with Crippen molar-refractivity contribution in [2.24, 2.45) is 0 Å². The van der Waals surface area contributed by atoms with Crippen molar-refractivity contribution in [3.8, 4) is 0 Å². The van der Waals surface area contributed by atoms with E-state index < -0.39 is 26.8 Å². The van der Waals surface area contributed by atoms with Gasteiger partial charge in [0.2, 0.25) is 15.9 Å². The van der Waals surface area contributed by atoms with Crippen LogP contribution < -0.4 is 10.0 Å². The highest BCUT2D eigenvalue weighted by Gasteiger charge is 2.28. The highest BCUT2D eigenvalue weighted by molar-refractivity contribution is 7.89. The summed E-state index contributed by atoms with van der Waals surface area (Å²) in [6.07, 6.45) is 1.96. The molecule has 104 valence electrons. The number of sulfonamides is 1. The fourth-order valence-electron chi connectivity index (χ4n) is 1.97. The van der Waals surface area contributed by atoms with Gasteiger partial charge in [0.1, 0.15) is 16.8 Å². The number of hydrogen-bond donors (Lipinski definition) is 2. The first-order valence-electron chi connectivity index (χ1n) is 6.05. The maximum absolute atomic E-state index is 13.5. The summed E-state index contributed by atoms with van der Waals surface area (Å²) in [6, 6.07) is 4.25. The number of nitrogens with one attached hydrogen (secondary N) is 2. The molecular weight excluding hydrogens is 271 g/mol. The predicted molar refractivity (Wildman–Crippen MR) is 67.4 cm³/mol. The molecule has 0 radical (unpaired) electrons. The summed E-state index contributed by atoms with van der Waals surface area (Å²) in [4.78, 5) is 11.2. The molecule has 1 aliphatic heterocycles. The lowest BCUT2D eigenvalue weighted by atomic mass is 10.1. The van der Waals surface area contributed by atoms with Crippen molar-refractivity contribution in [2.45, 2.75) is 30.2 Å². The topological polar surface area (TPSA) is 75.3 Å². The van der Waals surface area contributed by atoms with Crippen LogP contribution in [-0.2, 0) is 14.8 Å². The largest absolute Gasteiger partial charge is 0.355 e. The van der Waals surface area contributed by atoms with Gasteiger partial charge in [-0.05, 0) is 31.4 Å². The van der Waals surface area contributed by atoms with Gasteiger partial charge in [0.15, 0.2) is 0 Å². The summed E-state index contributed by atoms with van der Waals surface area (Å²) < 4.78 is 39.9. The first kappa shape index (κ1) is 14.0. The monoisotopic (exact) mass is 286 g/mol. The maximum atomic E-state index is 13.5. The van der Waals surface area contributed by atoms with Crippen molar-refractivity contribution in [1.29, 1.82) is 0 Å². The molecule has 19 heavy (non-hydrogen) atoms. The minimum atomic E-state index is -4.03. The van der Waals surface area contributed by atoms with E-state index in [0.29, 0.717) is 13.0 Å². The van der Waals surface area contributed by atoms with E-state index in [-0.39, 0.29) is 5.91 Å². The zero-order valence-electron chi connectivity index (χ0n) is 10.2. The second-order valence-electron chi connectivity index (χ2n) is 4.39. The van der Waals surface area contributed by atoms with E-state index in [2.05, 4.69) is 10.0 Å². The van der Waals surface area contributed by atoms with Crippen LogP contribution in [0.1, 0.15) is 19.3 Å². The van der Waals surface area contributed by atoms with Crippen LogP contribution in [0.25, 0.3) is 0 Å². The number of amides is 1. The molecule has 7 heteroatoms. The number of carbonyl (C=O) groups is 1. The van der Waals surface area contributed by atoms with E-state index in [0.717, 1.165) is 18.9 Å². The van der Waals surface area contributed by atoms with Crippen LogP contribution >= 0.6 is 0 Å². The SMILES string of the molecule is O=C1NCCCC[C@H]1NS(=O)(=O)c1ccccc1F. The highest BCUT2D eigenvalue weighted by Crippen LogP contribution is 2.15. The van der Waals surface area contributed by atoms with Gasteiger partial charge in [-0.3, -0.25) is 4.79 Å². The molecule has 1 aliphatic rings. The molecule has 5 nitrogen and oxygen atoms in total. The van der Waals surface area contributed by atoms with E-state index in [1.807, 2.05) is 0 Å². The van der Waals surface area contributed by atoms with Gasteiger partial charge in [-0.1, -0.05) is 12.1 Å². The highest BCUT2D eigenvalue weighted by atomic mass is 32.2. The molecule has 1 aromatic carbocycles. The Morgan fingerprint density at radius 1 is 1.26 bits per heavy atom. The first-order valence-corrected chi connectivity index (χ1v) is 7.53. The van der Waals surface area contributed by atoms with E-state index in [4.69, 9.17) is 0 Å². The lowest BCUT2D eigenvalue weighted by Gasteiger charge is -2.15. The Morgan fingerprint density at radius 2 is 2.00 bits per heavy atom. The van der Waals surface area contributed by atoms with Gasteiger partial charge in [0, 0.05) is 6.54 Å². The van der Waals surface area contributed by atoms with Crippen LogP contribution in [-0.4, -0.2) is 26.9 Å². The second-order valence-corrected chi connectivity index (χ2v) is 6.07. The molecule has 0 aromatic heterocycles.